The molecular weight excluding hydrogens is 321 g/mol. The van der Waals surface area contributed by atoms with E-state index in [9.17, 15) is 18.0 Å². The molecule has 1 atom stereocenters. The van der Waals surface area contributed by atoms with Crippen LogP contribution in [-0.2, 0) is 6.18 Å². The molecule has 3 N–H and O–H groups in total. The van der Waals surface area contributed by atoms with Crippen molar-refractivity contribution < 1.29 is 18.0 Å². The Kier molecular flexibility index (Phi) is 4.31. The van der Waals surface area contributed by atoms with Gasteiger partial charge in [-0.2, -0.15) is 18.3 Å². The zero-order valence-corrected chi connectivity index (χ0v) is 12.8. The zero-order valence-electron chi connectivity index (χ0n) is 12.8. The van der Waals surface area contributed by atoms with Crippen LogP contribution in [0.4, 0.5) is 13.2 Å². The molecule has 128 valence electrons. The standard InChI is InChI=1S/C16H17F3N4O/c17-16(18,19)14-6-7-23(22-14)12-3-1-2-11(8-12)15(24)21-13(9-20)10-4-5-10/h1-3,6-8,10,13H,4-5,9,20H2,(H,21,24). The van der Waals surface area contributed by atoms with Crippen molar-refractivity contribution in [1.29, 1.82) is 0 Å². The van der Waals surface area contributed by atoms with E-state index in [4.69, 9.17) is 5.73 Å². The first kappa shape index (κ1) is 16.5. The number of amides is 1. The highest BCUT2D eigenvalue weighted by molar-refractivity contribution is 5.95. The smallest absolute Gasteiger partial charge is 0.348 e. The highest BCUT2D eigenvalue weighted by atomic mass is 19.4. The molecule has 0 saturated heterocycles. The van der Waals surface area contributed by atoms with Crippen molar-refractivity contribution >= 4 is 5.91 Å². The maximum absolute atomic E-state index is 12.6. The van der Waals surface area contributed by atoms with Gasteiger partial charge in [0, 0.05) is 24.3 Å². The van der Waals surface area contributed by atoms with E-state index in [0.29, 0.717) is 23.7 Å². The number of nitrogens with one attached hydrogen (secondary N) is 1. The second-order valence-electron chi connectivity index (χ2n) is 5.85. The summed E-state index contributed by atoms with van der Waals surface area (Å²) in [6.07, 6.45) is -1.18. The molecule has 0 bridgehead atoms. The number of carbonyl (C=O) groups excluding carboxylic acids is 1. The Morgan fingerprint density at radius 2 is 2.12 bits per heavy atom. The number of hydrogen-bond donors (Lipinski definition) is 2. The van der Waals surface area contributed by atoms with Gasteiger partial charge < -0.3 is 11.1 Å². The SMILES string of the molecule is NCC(NC(=O)c1cccc(-n2ccc(C(F)(F)F)n2)c1)C1CC1. The molecule has 1 amide bonds. The van der Waals surface area contributed by atoms with Gasteiger partial charge in [-0.25, -0.2) is 4.68 Å². The first-order valence-corrected chi connectivity index (χ1v) is 7.62. The molecule has 1 aliphatic rings. The molecule has 1 aromatic carbocycles. The van der Waals surface area contributed by atoms with E-state index in [1.807, 2.05) is 0 Å². The minimum atomic E-state index is -4.50. The van der Waals surface area contributed by atoms with Gasteiger partial charge in [-0.05, 0) is 43.0 Å². The minimum Gasteiger partial charge on any atom is -0.348 e. The van der Waals surface area contributed by atoms with E-state index in [0.717, 1.165) is 23.6 Å². The zero-order chi connectivity index (χ0) is 17.3. The molecule has 2 aromatic rings. The second-order valence-corrected chi connectivity index (χ2v) is 5.85. The third-order valence-electron chi connectivity index (χ3n) is 4.01. The Morgan fingerprint density at radius 1 is 1.38 bits per heavy atom. The van der Waals surface area contributed by atoms with Crippen molar-refractivity contribution in [1.82, 2.24) is 15.1 Å². The van der Waals surface area contributed by atoms with Gasteiger partial charge in [-0.3, -0.25) is 4.79 Å². The minimum absolute atomic E-state index is 0.0670. The first-order chi connectivity index (χ1) is 11.4. The van der Waals surface area contributed by atoms with E-state index < -0.39 is 11.9 Å². The molecule has 1 aromatic heterocycles. The van der Waals surface area contributed by atoms with Gasteiger partial charge >= 0.3 is 6.18 Å². The molecule has 1 aliphatic carbocycles. The predicted octanol–water partition coefficient (Wildman–Crippen LogP) is 2.36. The fourth-order valence-corrected chi connectivity index (χ4v) is 2.53. The predicted molar refractivity (Wildman–Crippen MR) is 81.6 cm³/mol. The number of carbonyl (C=O) groups is 1. The Bertz CT molecular complexity index is 737. The van der Waals surface area contributed by atoms with Crippen molar-refractivity contribution in [3.8, 4) is 5.69 Å². The van der Waals surface area contributed by atoms with Gasteiger partial charge in [0.2, 0.25) is 0 Å². The first-order valence-electron chi connectivity index (χ1n) is 7.62. The monoisotopic (exact) mass is 338 g/mol. The Balaban J connectivity index is 1.78. The molecule has 1 saturated carbocycles. The van der Waals surface area contributed by atoms with Crippen LogP contribution in [0.5, 0.6) is 0 Å². The van der Waals surface area contributed by atoms with Gasteiger partial charge in [-0.15, -0.1) is 0 Å². The number of aromatic nitrogens is 2. The lowest BCUT2D eigenvalue weighted by Gasteiger charge is -2.16. The van der Waals surface area contributed by atoms with E-state index in [1.54, 1.807) is 18.2 Å². The van der Waals surface area contributed by atoms with Crippen molar-refractivity contribution in [2.24, 2.45) is 11.7 Å². The largest absolute Gasteiger partial charge is 0.435 e. The van der Waals surface area contributed by atoms with Crippen LogP contribution >= 0.6 is 0 Å². The third kappa shape index (κ3) is 3.59. The van der Waals surface area contributed by atoms with Gasteiger partial charge in [0.05, 0.1) is 5.69 Å². The van der Waals surface area contributed by atoms with Crippen LogP contribution in [0, 0.1) is 5.92 Å². The number of benzene rings is 1. The van der Waals surface area contributed by atoms with Crippen molar-refractivity contribution in [3.63, 3.8) is 0 Å². The van der Waals surface area contributed by atoms with Gasteiger partial charge in [-0.1, -0.05) is 6.07 Å². The molecule has 1 heterocycles. The summed E-state index contributed by atoms with van der Waals surface area (Å²) in [7, 11) is 0. The molecule has 24 heavy (non-hydrogen) atoms. The number of nitrogens with zero attached hydrogens (tertiary/aromatic N) is 2. The molecule has 0 radical (unpaired) electrons. The molecule has 0 spiro atoms. The normalized spacial score (nSPS) is 16.0. The maximum atomic E-state index is 12.6. The van der Waals surface area contributed by atoms with Crippen molar-refractivity contribution in [2.45, 2.75) is 25.1 Å². The molecule has 1 unspecified atom stereocenters. The Labute approximate surface area is 136 Å². The fraction of sp³-hybridized carbons (Fsp3) is 0.375. The van der Waals surface area contributed by atoms with E-state index in [1.165, 1.54) is 12.3 Å². The summed E-state index contributed by atoms with van der Waals surface area (Å²) in [6, 6.07) is 7.13. The van der Waals surface area contributed by atoms with Crippen LogP contribution in [0.25, 0.3) is 5.69 Å². The molecule has 0 aliphatic heterocycles. The van der Waals surface area contributed by atoms with Crippen LogP contribution in [0.1, 0.15) is 28.9 Å². The molecule has 5 nitrogen and oxygen atoms in total. The lowest BCUT2D eigenvalue weighted by Crippen LogP contribution is -2.41. The van der Waals surface area contributed by atoms with E-state index >= 15 is 0 Å². The van der Waals surface area contributed by atoms with Crippen molar-refractivity contribution in [3.05, 3.63) is 47.8 Å². The van der Waals surface area contributed by atoms with Gasteiger partial charge in [0.15, 0.2) is 5.69 Å². The summed E-state index contributed by atoms with van der Waals surface area (Å²) in [5.41, 5.74) is 5.43. The summed E-state index contributed by atoms with van der Waals surface area (Å²) in [6.45, 7) is 0.365. The van der Waals surface area contributed by atoms with Gasteiger partial charge in [0.1, 0.15) is 0 Å². The van der Waals surface area contributed by atoms with Crippen LogP contribution < -0.4 is 11.1 Å². The molecule has 1 fully saturated rings. The number of halogens is 3. The van der Waals surface area contributed by atoms with E-state index in [-0.39, 0.29) is 11.9 Å². The number of alkyl halides is 3. The Morgan fingerprint density at radius 3 is 2.71 bits per heavy atom. The molecular formula is C16H17F3N4O. The fourth-order valence-electron chi connectivity index (χ4n) is 2.53. The number of nitrogens with two attached hydrogens (primary N) is 1. The number of rotatable bonds is 5. The van der Waals surface area contributed by atoms with Crippen LogP contribution in [0.3, 0.4) is 0 Å². The Hall–Kier alpha value is -2.35. The summed E-state index contributed by atoms with van der Waals surface area (Å²) < 4.78 is 39.0. The lowest BCUT2D eigenvalue weighted by atomic mass is 10.1. The summed E-state index contributed by atoms with van der Waals surface area (Å²) >= 11 is 0. The van der Waals surface area contributed by atoms with Crippen molar-refractivity contribution in [2.75, 3.05) is 6.54 Å². The third-order valence-corrected chi connectivity index (χ3v) is 4.01. The lowest BCUT2D eigenvalue weighted by molar-refractivity contribution is -0.141. The topological polar surface area (TPSA) is 72.9 Å². The average molecular weight is 338 g/mol. The average Bonchev–Trinajstić information content (AvgIpc) is 3.26. The summed E-state index contributed by atoms with van der Waals surface area (Å²) in [4.78, 5) is 12.3. The van der Waals surface area contributed by atoms with Crippen LogP contribution in [-0.4, -0.2) is 28.3 Å². The molecule has 8 heteroatoms. The summed E-state index contributed by atoms with van der Waals surface area (Å²) in [5.74, 6) is 0.130. The maximum Gasteiger partial charge on any atom is 0.435 e. The number of hydrogen-bond acceptors (Lipinski definition) is 3. The second kappa shape index (κ2) is 6.27. The summed E-state index contributed by atoms with van der Waals surface area (Å²) in [5, 5.41) is 6.39. The van der Waals surface area contributed by atoms with Crippen LogP contribution in [0.15, 0.2) is 36.5 Å². The quantitative estimate of drug-likeness (QED) is 0.879. The van der Waals surface area contributed by atoms with E-state index in [2.05, 4.69) is 10.4 Å². The van der Waals surface area contributed by atoms with Crippen LogP contribution in [0.2, 0.25) is 0 Å². The highest BCUT2D eigenvalue weighted by Crippen LogP contribution is 2.32. The molecule has 3 rings (SSSR count). The highest BCUT2D eigenvalue weighted by Gasteiger charge is 2.34. The van der Waals surface area contributed by atoms with Gasteiger partial charge in [0.25, 0.3) is 5.91 Å².